The van der Waals surface area contributed by atoms with E-state index in [2.05, 4.69) is 4.98 Å². The van der Waals surface area contributed by atoms with Crippen molar-refractivity contribution >= 4 is 22.9 Å². The minimum atomic E-state index is -2.49. The van der Waals surface area contributed by atoms with Gasteiger partial charge in [0.2, 0.25) is 0 Å². The average molecular weight is 423 g/mol. The lowest BCUT2D eigenvalue weighted by molar-refractivity contribution is 0.0772. The molecule has 0 N–H and O–H groups in total. The van der Waals surface area contributed by atoms with E-state index in [-0.39, 0.29) is 12.5 Å². The Balaban J connectivity index is 1.82. The molecule has 0 aliphatic rings. The molecule has 0 spiro atoms. The summed E-state index contributed by atoms with van der Waals surface area (Å²) in [7, 11) is 0. The molecule has 1 heterocycles. The van der Waals surface area contributed by atoms with Crippen LogP contribution >= 0.6 is 0 Å². The van der Waals surface area contributed by atoms with E-state index in [1.807, 2.05) is 56.3 Å². The van der Waals surface area contributed by atoms with Crippen molar-refractivity contribution in [3.05, 3.63) is 84.2 Å². The van der Waals surface area contributed by atoms with E-state index in [0.717, 1.165) is 11.1 Å². The second-order valence-corrected chi connectivity index (χ2v) is 7.55. The van der Waals surface area contributed by atoms with E-state index in [0.29, 0.717) is 30.0 Å². The van der Waals surface area contributed by atoms with Gasteiger partial charge in [0.05, 0.1) is 12.2 Å². The Morgan fingerprint density at radius 1 is 0.967 bits per heavy atom. The number of anilines is 1. The molecule has 156 valence electrons. The Bertz CT molecular complexity index is 1010. The maximum absolute atomic E-state index is 12.6. The van der Waals surface area contributed by atoms with Crippen LogP contribution in [-0.4, -0.2) is 37.6 Å². The zero-order valence-electron chi connectivity index (χ0n) is 17.0. The maximum atomic E-state index is 12.6. The monoisotopic (exact) mass is 422 g/mol. The Hall–Kier alpha value is -3.03. The van der Waals surface area contributed by atoms with E-state index in [4.69, 9.17) is 0 Å². The lowest BCUT2D eigenvalue weighted by Crippen LogP contribution is -2.31. The first kappa shape index (κ1) is 21.7. The van der Waals surface area contributed by atoms with Crippen LogP contribution in [0.2, 0.25) is 0 Å². The third kappa shape index (κ3) is 5.11. The van der Waals surface area contributed by atoms with Crippen molar-refractivity contribution in [3.63, 3.8) is 0 Å². The largest absolute Gasteiger partial charge is 0.755 e. The van der Waals surface area contributed by atoms with Gasteiger partial charge in [0.25, 0.3) is 5.91 Å². The predicted molar refractivity (Wildman–Crippen MR) is 118 cm³/mol. The number of nitrogens with zero attached hydrogens (tertiary/aromatic N) is 3. The summed E-state index contributed by atoms with van der Waals surface area (Å²) in [4.78, 5) is 18.6. The second kappa shape index (κ2) is 10.1. The van der Waals surface area contributed by atoms with Crippen molar-refractivity contribution < 1.29 is 13.6 Å². The van der Waals surface area contributed by atoms with Gasteiger partial charge in [0, 0.05) is 41.8 Å². The number of benzene rings is 2. The van der Waals surface area contributed by atoms with E-state index >= 15 is 0 Å². The minimum absolute atomic E-state index is 0.0418. The van der Waals surface area contributed by atoms with Gasteiger partial charge in [-0.05, 0) is 49.2 Å². The Labute approximate surface area is 179 Å². The topological polar surface area (TPSA) is 76.6 Å². The molecular formula is C23H24N3O3S-. The van der Waals surface area contributed by atoms with Crippen LogP contribution in [0, 0.1) is 0 Å². The third-order valence-electron chi connectivity index (χ3n) is 4.86. The molecule has 3 aromatic rings. The zero-order chi connectivity index (χ0) is 21.5. The van der Waals surface area contributed by atoms with Gasteiger partial charge in [-0.15, -0.1) is 0 Å². The fraction of sp³-hybridized carbons (Fsp3) is 0.217. The summed E-state index contributed by atoms with van der Waals surface area (Å²) in [6.45, 7) is 5.10. The standard InChI is InChI=1S/C23H25N3O3S/c1-3-25(4-2)23(27)20-14-15-24-21(16-20)17-26(30(28)29)22-12-10-19(11-13-22)18-8-6-5-7-9-18/h5-16H,3-4,17H2,1-2H3,(H,28,29)/p-1. The average Bonchev–Trinajstić information content (AvgIpc) is 2.79. The number of aromatic nitrogens is 1. The smallest absolute Gasteiger partial charge is 0.253 e. The van der Waals surface area contributed by atoms with Gasteiger partial charge in [-0.1, -0.05) is 42.5 Å². The van der Waals surface area contributed by atoms with Crippen LogP contribution in [0.3, 0.4) is 0 Å². The summed E-state index contributed by atoms with van der Waals surface area (Å²) in [5, 5.41) is 0. The Morgan fingerprint density at radius 3 is 2.20 bits per heavy atom. The van der Waals surface area contributed by atoms with Crippen molar-refractivity contribution in [3.8, 4) is 11.1 Å². The molecule has 0 fully saturated rings. The minimum Gasteiger partial charge on any atom is -0.755 e. The summed E-state index contributed by atoms with van der Waals surface area (Å²) >= 11 is -2.49. The SMILES string of the molecule is CCN(CC)C(=O)c1ccnc(CN(c2ccc(-c3ccccc3)cc2)S(=O)[O-])c1. The molecule has 3 rings (SSSR count). The fourth-order valence-corrected chi connectivity index (χ4v) is 3.75. The van der Waals surface area contributed by atoms with Gasteiger partial charge >= 0.3 is 0 Å². The van der Waals surface area contributed by atoms with Gasteiger partial charge in [-0.25, -0.2) is 0 Å². The number of hydrogen-bond donors (Lipinski definition) is 0. The van der Waals surface area contributed by atoms with Crippen LogP contribution in [0.25, 0.3) is 11.1 Å². The first-order valence-corrected chi connectivity index (χ1v) is 10.8. The lowest BCUT2D eigenvalue weighted by Gasteiger charge is -2.26. The van der Waals surface area contributed by atoms with Crippen molar-refractivity contribution in [1.82, 2.24) is 9.88 Å². The molecular weight excluding hydrogens is 398 g/mol. The van der Waals surface area contributed by atoms with Crippen molar-refractivity contribution in [2.45, 2.75) is 20.4 Å². The molecule has 1 amide bonds. The van der Waals surface area contributed by atoms with Gasteiger partial charge in [0.1, 0.15) is 0 Å². The summed E-state index contributed by atoms with van der Waals surface area (Å²) < 4.78 is 25.0. The molecule has 0 aliphatic heterocycles. The van der Waals surface area contributed by atoms with Crippen molar-refractivity contribution in [1.29, 1.82) is 0 Å². The lowest BCUT2D eigenvalue weighted by atomic mass is 10.1. The molecule has 0 saturated carbocycles. The second-order valence-electron chi connectivity index (χ2n) is 6.68. The number of carbonyl (C=O) groups is 1. The van der Waals surface area contributed by atoms with Crippen LogP contribution in [0.15, 0.2) is 72.9 Å². The summed E-state index contributed by atoms with van der Waals surface area (Å²) in [6.07, 6.45) is 1.54. The van der Waals surface area contributed by atoms with E-state index in [1.54, 1.807) is 29.2 Å². The molecule has 1 aromatic heterocycles. The van der Waals surface area contributed by atoms with Crippen LogP contribution in [0.1, 0.15) is 29.9 Å². The summed E-state index contributed by atoms with van der Waals surface area (Å²) in [5.74, 6) is -0.0920. The highest BCUT2D eigenvalue weighted by Crippen LogP contribution is 2.24. The zero-order valence-corrected chi connectivity index (χ0v) is 17.8. The summed E-state index contributed by atoms with van der Waals surface area (Å²) in [5.41, 5.74) is 3.60. The van der Waals surface area contributed by atoms with Gasteiger partial charge in [0.15, 0.2) is 0 Å². The molecule has 0 radical (unpaired) electrons. The van der Waals surface area contributed by atoms with Gasteiger partial charge in [-0.3, -0.25) is 18.3 Å². The first-order valence-electron chi connectivity index (χ1n) is 9.80. The number of rotatable bonds is 8. The molecule has 7 heteroatoms. The highest BCUT2D eigenvalue weighted by atomic mass is 32.2. The van der Waals surface area contributed by atoms with Crippen molar-refractivity contribution in [2.24, 2.45) is 0 Å². The molecule has 0 aliphatic carbocycles. The predicted octanol–water partition coefficient (Wildman–Crippen LogP) is 4.03. The van der Waals surface area contributed by atoms with E-state index in [1.165, 1.54) is 10.5 Å². The van der Waals surface area contributed by atoms with Crippen LogP contribution in [0.5, 0.6) is 0 Å². The number of hydrogen-bond acceptors (Lipinski definition) is 4. The quantitative estimate of drug-likeness (QED) is 0.514. The van der Waals surface area contributed by atoms with E-state index in [9.17, 15) is 13.6 Å². The van der Waals surface area contributed by atoms with Crippen LogP contribution in [0.4, 0.5) is 5.69 Å². The molecule has 0 bridgehead atoms. The first-order chi connectivity index (χ1) is 14.5. The van der Waals surface area contributed by atoms with Crippen molar-refractivity contribution in [2.75, 3.05) is 17.4 Å². The van der Waals surface area contributed by atoms with Crippen LogP contribution in [-0.2, 0) is 17.8 Å². The number of pyridine rings is 1. The highest BCUT2D eigenvalue weighted by Gasteiger charge is 2.15. The Kier molecular flexibility index (Phi) is 7.32. The molecule has 2 aromatic carbocycles. The van der Waals surface area contributed by atoms with Gasteiger partial charge in [-0.2, -0.15) is 0 Å². The van der Waals surface area contributed by atoms with Crippen LogP contribution < -0.4 is 4.31 Å². The molecule has 1 unspecified atom stereocenters. The van der Waals surface area contributed by atoms with E-state index < -0.39 is 11.3 Å². The Morgan fingerprint density at radius 2 is 1.60 bits per heavy atom. The fourth-order valence-electron chi connectivity index (χ4n) is 3.22. The molecule has 0 saturated heterocycles. The molecule has 30 heavy (non-hydrogen) atoms. The summed E-state index contributed by atoms with van der Waals surface area (Å²) in [6, 6.07) is 20.5. The number of amides is 1. The maximum Gasteiger partial charge on any atom is 0.253 e. The third-order valence-corrected chi connectivity index (χ3v) is 5.56. The molecule has 6 nitrogen and oxygen atoms in total. The normalized spacial score (nSPS) is 11.7. The highest BCUT2D eigenvalue weighted by molar-refractivity contribution is 7.80. The van der Waals surface area contributed by atoms with Gasteiger partial charge < -0.3 is 9.45 Å². The number of carbonyl (C=O) groups excluding carboxylic acids is 1. The molecule has 1 atom stereocenters.